The number of aliphatic carboxylic acids is 1. The Kier molecular flexibility index (Phi) is 6.65. The summed E-state index contributed by atoms with van der Waals surface area (Å²) in [5, 5.41) is 15.5. The molecule has 4 heterocycles. The summed E-state index contributed by atoms with van der Waals surface area (Å²) in [6.07, 6.45) is 3.19. The third kappa shape index (κ3) is 4.65. The standard InChI is InChI=1S/C19H18N8O6S2/c1-33-24-10(14-23-19(21)35-25-14)15(29)22-11-16(30)27-12(18(31)32)9(7-34-17(11)27)6-26-4-2-8(3-5-26)13(20)28/h2-5,11,17H,6-7H2,1H3,(H5-,20,21,22,23,25,28,29,31,32)/p+1/b24-10+/t11-,17-/m1/s1. The maximum Gasteiger partial charge on any atom is 0.352 e. The SMILES string of the molecule is CO/N=C(/C(=O)N[C@@H]1C(=O)N2C(C(=O)O)=C(C[n+]3ccc(C(N)=O)cc3)CS[C@H]12)c1nsc(N)n1. The van der Waals surface area contributed by atoms with Crippen molar-refractivity contribution < 1.29 is 33.7 Å². The minimum atomic E-state index is -1.26. The van der Waals surface area contributed by atoms with Crippen LogP contribution < -0.4 is 21.4 Å². The predicted octanol–water partition coefficient (Wildman–Crippen LogP) is -1.70. The van der Waals surface area contributed by atoms with E-state index in [1.54, 1.807) is 17.0 Å². The van der Waals surface area contributed by atoms with Crippen molar-refractivity contribution in [2.75, 3.05) is 18.6 Å². The number of anilines is 1. The first-order valence-corrected chi connectivity index (χ1v) is 11.7. The van der Waals surface area contributed by atoms with Crippen LogP contribution in [-0.4, -0.2) is 73.0 Å². The number of carbonyl (C=O) groups excluding carboxylic acids is 3. The molecule has 2 aliphatic rings. The lowest BCUT2D eigenvalue weighted by Crippen LogP contribution is -2.71. The zero-order chi connectivity index (χ0) is 25.3. The number of nitrogen functional groups attached to an aromatic ring is 1. The molecule has 0 aromatic carbocycles. The van der Waals surface area contributed by atoms with E-state index in [1.165, 1.54) is 31.0 Å². The zero-order valence-electron chi connectivity index (χ0n) is 18.1. The maximum atomic E-state index is 12.9. The molecule has 0 unspecified atom stereocenters. The van der Waals surface area contributed by atoms with Crippen molar-refractivity contribution in [1.29, 1.82) is 0 Å². The highest BCUT2D eigenvalue weighted by molar-refractivity contribution is 8.00. The quantitative estimate of drug-likeness (QED) is 0.134. The average molecular weight is 520 g/mol. The number of oxime groups is 1. The molecular formula is C19H19N8O6S2+. The highest BCUT2D eigenvalue weighted by Crippen LogP contribution is 2.40. The molecule has 2 atom stereocenters. The van der Waals surface area contributed by atoms with E-state index < -0.39 is 35.1 Å². The minimum absolute atomic E-state index is 0.0560. The zero-order valence-corrected chi connectivity index (χ0v) is 19.7. The molecule has 0 spiro atoms. The molecule has 0 saturated carbocycles. The second-order valence-corrected chi connectivity index (χ2v) is 9.21. The molecule has 6 N–H and O–H groups in total. The molecule has 1 saturated heterocycles. The summed E-state index contributed by atoms with van der Waals surface area (Å²) in [6, 6.07) is 2.06. The number of rotatable bonds is 8. The van der Waals surface area contributed by atoms with Crippen LogP contribution in [0.2, 0.25) is 0 Å². The number of β-lactam (4-membered cyclic amide) rings is 1. The number of nitrogens with zero attached hydrogens (tertiary/aromatic N) is 5. The van der Waals surface area contributed by atoms with Crippen LogP contribution in [-0.2, 0) is 25.8 Å². The number of nitrogens with one attached hydrogen (secondary N) is 1. The first-order valence-electron chi connectivity index (χ1n) is 9.91. The average Bonchev–Trinajstić information content (AvgIpc) is 3.26. The van der Waals surface area contributed by atoms with Crippen molar-refractivity contribution >= 4 is 57.8 Å². The van der Waals surface area contributed by atoms with Crippen LogP contribution in [0.1, 0.15) is 16.2 Å². The highest BCUT2D eigenvalue weighted by atomic mass is 32.2. The van der Waals surface area contributed by atoms with Crippen LogP contribution >= 0.6 is 23.3 Å². The van der Waals surface area contributed by atoms with E-state index in [0.717, 1.165) is 16.4 Å². The largest absolute Gasteiger partial charge is 0.477 e. The Bertz CT molecular complexity index is 1270. The summed E-state index contributed by atoms with van der Waals surface area (Å²) in [4.78, 5) is 58.8. The van der Waals surface area contributed by atoms with E-state index in [-0.39, 0.29) is 28.9 Å². The smallest absolute Gasteiger partial charge is 0.352 e. The van der Waals surface area contributed by atoms with Gasteiger partial charge in [0.15, 0.2) is 24.1 Å². The van der Waals surface area contributed by atoms with Crippen molar-refractivity contribution in [3.8, 4) is 0 Å². The molecule has 2 aromatic rings. The molecule has 14 nitrogen and oxygen atoms in total. The predicted molar refractivity (Wildman–Crippen MR) is 123 cm³/mol. The van der Waals surface area contributed by atoms with Gasteiger partial charge in [0, 0.05) is 35.0 Å². The van der Waals surface area contributed by atoms with Gasteiger partial charge >= 0.3 is 5.97 Å². The van der Waals surface area contributed by atoms with E-state index in [4.69, 9.17) is 16.3 Å². The van der Waals surface area contributed by atoms with Gasteiger partial charge in [-0.05, 0) is 0 Å². The summed E-state index contributed by atoms with van der Waals surface area (Å²) >= 11 is 2.17. The van der Waals surface area contributed by atoms with Crippen LogP contribution in [0.25, 0.3) is 0 Å². The first kappa shape index (κ1) is 24.1. The second kappa shape index (κ2) is 9.67. The first-order chi connectivity index (χ1) is 16.7. The Morgan fingerprint density at radius 2 is 2.09 bits per heavy atom. The van der Waals surface area contributed by atoms with E-state index in [9.17, 15) is 24.3 Å². The van der Waals surface area contributed by atoms with Crippen LogP contribution in [0.5, 0.6) is 0 Å². The second-order valence-electron chi connectivity index (χ2n) is 7.32. The lowest BCUT2D eigenvalue weighted by Gasteiger charge is -2.49. The van der Waals surface area contributed by atoms with Gasteiger partial charge in [0.1, 0.15) is 24.2 Å². The van der Waals surface area contributed by atoms with E-state index in [0.29, 0.717) is 16.9 Å². The summed E-state index contributed by atoms with van der Waals surface area (Å²) in [5.74, 6) is -2.94. The normalized spacial score (nSPS) is 19.6. The number of thioether (sulfide) groups is 1. The number of carbonyl (C=O) groups is 4. The molecular weight excluding hydrogens is 500 g/mol. The number of aromatic nitrogens is 3. The molecule has 0 radical (unpaired) electrons. The molecule has 1 fully saturated rings. The van der Waals surface area contributed by atoms with Gasteiger partial charge in [-0.25, -0.2) is 9.36 Å². The molecule has 16 heteroatoms. The summed E-state index contributed by atoms with van der Waals surface area (Å²) in [7, 11) is 1.24. The minimum Gasteiger partial charge on any atom is -0.477 e. The number of carboxylic acid groups (broad SMARTS) is 1. The van der Waals surface area contributed by atoms with Gasteiger partial charge in [0.25, 0.3) is 11.8 Å². The number of hydrogen-bond donors (Lipinski definition) is 4. The molecule has 2 aliphatic heterocycles. The molecule has 0 aliphatic carbocycles. The Morgan fingerprint density at radius 3 is 2.66 bits per heavy atom. The fourth-order valence-electron chi connectivity index (χ4n) is 3.57. The highest BCUT2D eigenvalue weighted by Gasteiger charge is 2.54. The van der Waals surface area contributed by atoms with E-state index in [2.05, 4.69) is 19.8 Å². The number of fused-ring (bicyclic) bond motifs is 1. The van der Waals surface area contributed by atoms with Gasteiger partial charge in [-0.15, -0.1) is 11.8 Å². The molecule has 35 heavy (non-hydrogen) atoms. The van der Waals surface area contributed by atoms with Crippen LogP contribution in [0.3, 0.4) is 0 Å². The Morgan fingerprint density at radius 1 is 1.37 bits per heavy atom. The third-order valence-electron chi connectivity index (χ3n) is 5.14. The molecule has 2 aromatic heterocycles. The molecule has 3 amide bonds. The lowest BCUT2D eigenvalue weighted by atomic mass is 10.0. The fourth-order valence-corrected chi connectivity index (χ4v) is 5.34. The van der Waals surface area contributed by atoms with Crippen molar-refractivity contribution in [2.24, 2.45) is 10.9 Å². The fraction of sp³-hybridized carbons (Fsp3) is 0.263. The molecule has 0 bridgehead atoms. The van der Waals surface area contributed by atoms with E-state index in [1.807, 2.05) is 0 Å². The van der Waals surface area contributed by atoms with Crippen LogP contribution in [0.4, 0.5) is 5.13 Å². The van der Waals surface area contributed by atoms with Crippen LogP contribution in [0.15, 0.2) is 41.0 Å². The van der Waals surface area contributed by atoms with Gasteiger partial charge in [-0.1, -0.05) is 5.16 Å². The Balaban J connectivity index is 1.52. The van der Waals surface area contributed by atoms with Crippen molar-refractivity contribution in [3.05, 3.63) is 47.2 Å². The molecule has 182 valence electrons. The number of nitrogens with two attached hydrogens (primary N) is 2. The summed E-state index contributed by atoms with van der Waals surface area (Å²) in [6.45, 7) is 0.183. The van der Waals surface area contributed by atoms with Gasteiger partial charge in [0.2, 0.25) is 17.4 Å². The van der Waals surface area contributed by atoms with Crippen molar-refractivity contribution in [2.45, 2.75) is 18.0 Å². The van der Waals surface area contributed by atoms with Crippen molar-refractivity contribution in [3.63, 3.8) is 0 Å². The van der Waals surface area contributed by atoms with Gasteiger partial charge in [-0.2, -0.15) is 9.36 Å². The van der Waals surface area contributed by atoms with Crippen molar-refractivity contribution in [1.82, 2.24) is 19.6 Å². The molecule has 4 rings (SSSR count). The monoisotopic (exact) mass is 519 g/mol. The van der Waals surface area contributed by atoms with E-state index >= 15 is 0 Å². The van der Waals surface area contributed by atoms with Gasteiger partial charge < -0.3 is 26.7 Å². The lowest BCUT2D eigenvalue weighted by molar-refractivity contribution is -0.689. The number of amides is 3. The third-order valence-corrected chi connectivity index (χ3v) is 7.02. The number of carboxylic acids is 1. The Labute approximate surface area is 205 Å². The number of primary amides is 1. The number of pyridine rings is 1. The van der Waals surface area contributed by atoms with Crippen LogP contribution in [0, 0.1) is 0 Å². The summed E-state index contributed by atoms with van der Waals surface area (Å²) < 4.78 is 5.60. The maximum absolute atomic E-state index is 12.9. The topological polar surface area (TPSA) is 207 Å². The van der Waals surface area contributed by atoms with Gasteiger partial charge in [0.05, 0.1) is 5.56 Å². The Hall–Kier alpha value is -4.05. The van der Waals surface area contributed by atoms with Gasteiger partial charge in [-0.3, -0.25) is 19.3 Å². The number of hydrogen-bond acceptors (Lipinski definition) is 11. The summed E-state index contributed by atoms with van der Waals surface area (Å²) in [5.41, 5.74) is 11.2.